The SMILES string of the molecule is CCCNC(C)C(C)CC1CSc2ccccc21. The predicted octanol–water partition coefficient (Wildman–Crippen LogP) is 4.29. The van der Waals surface area contributed by atoms with Crippen molar-refractivity contribution < 1.29 is 0 Å². The molecule has 0 fully saturated rings. The lowest BCUT2D eigenvalue weighted by molar-refractivity contribution is 0.363. The first-order valence-corrected chi connectivity index (χ1v) is 8.16. The Morgan fingerprint density at radius 3 is 2.89 bits per heavy atom. The van der Waals surface area contributed by atoms with E-state index >= 15 is 0 Å². The number of thioether (sulfide) groups is 1. The highest BCUT2D eigenvalue weighted by Gasteiger charge is 2.25. The summed E-state index contributed by atoms with van der Waals surface area (Å²) in [6.07, 6.45) is 2.53. The first-order chi connectivity index (χ1) is 8.72. The van der Waals surface area contributed by atoms with E-state index in [0.29, 0.717) is 6.04 Å². The molecule has 18 heavy (non-hydrogen) atoms. The van der Waals surface area contributed by atoms with Gasteiger partial charge in [-0.25, -0.2) is 0 Å². The van der Waals surface area contributed by atoms with Crippen molar-refractivity contribution in [3.63, 3.8) is 0 Å². The van der Waals surface area contributed by atoms with Gasteiger partial charge < -0.3 is 5.32 Å². The molecule has 1 aromatic carbocycles. The molecule has 1 N–H and O–H groups in total. The monoisotopic (exact) mass is 263 g/mol. The summed E-state index contributed by atoms with van der Waals surface area (Å²) < 4.78 is 0. The van der Waals surface area contributed by atoms with Crippen molar-refractivity contribution in [2.45, 2.75) is 50.5 Å². The molecule has 3 unspecified atom stereocenters. The van der Waals surface area contributed by atoms with Gasteiger partial charge in [0.05, 0.1) is 0 Å². The van der Waals surface area contributed by atoms with Gasteiger partial charge in [-0.15, -0.1) is 11.8 Å². The van der Waals surface area contributed by atoms with E-state index in [4.69, 9.17) is 0 Å². The standard InChI is InChI=1S/C16H25NS/c1-4-9-17-13(3)12(2)10-14-11-18-16-8-6-5-7-15(14)16/h5-8,12-14,17H,4,9-11H2,1-3H3. The maximum absolute atomic E-state index is 3.62. The van der Waals surface area contributed by atoms with E-state index in [0.717, 1.165) is 18.4 Å². The van der Waals surface area contributed by atoms with Crippen LogP contribution >= 0.6 is 11.8 Å². The molecule has 1 aliphatic heterocycles. The van der Waals surface area contributed by atoms with Gasteiger partial charge in [0.1, 0.15) is 0 Å². The lowest BCUT2D eigenvalue weighted by Crippen LogP contribution is -2.33. The first-order valence-electron chi connectivity index (χ1n) is 7.17. The highest BCUT2D eigenvalue weighted by atomic mass is 32.2. The van der Waals surface area contributed by atoms with Crippen molar-refractivity contribution in [2.75, 3.05) is 12.3 Å². The molecule has 1 nitrogen and oxygen atoms in total. The summed E-state index contributed by atoms with van der Waals surface area (Å²) in [5.74, 6) is 2.77. The van der Waals surface area contributed by atoms with Gasteiger partial charge in [0, 0.05) is 16.7 Å². The van der Waals surface area contributed by atoms with Crippen molar-refractivity contribution in [1.82, 2.24) is 5.32 Å². The fourth-order valence-electron chi connectivity index (χ4n) is 2.65. The molecule has 1 heterocycles. The molecule has 2 rings (SSSR count). The van der Waals surface area contributed by atoms with Crippen LogP contribution in [0.1, 0.15) is 45.1 Å². The van der Waals surface area contributed by atoms with Gasteiger partial charge in [-0.3, -0.25) is 0 Å². The molecule has 0 radical (unpaired) electrons. The lowest BCUT2D eigenvalue weighted by Gasteiger charge is -2.24. The smallest absolute Gasteiger partial charge is 0.0107 e. The van der Waals surface area contributed by atoms with Crippen LogP contribution in [-0.2, 0) is 0 Å². The average Bonchev–Trinajstić information content (AvgIpc) is 2.79. The Morgan fingerprint density at radius 2 is 2.11 bits per heavy atom. The molecule has 2 heteroatoms. The van der Waals surface area contributed by atoms with Crippen LogP contribution in [0.15, 0.2) is 29.2 Å². The summed E-state index contributed by atoms with van der Waals surface area (Å²) in [7, 11) is 0. The van der Waals surface area contributed by atoms with E-state index in [2.05, 4.69) is 50.4 Å². The number of hydrogen-bond donors (Lipinski definition) is 1. The van der Waals surface area contributed by atoms with Crippen molar-refractivity contribution in [3.8, 4) is 0 Å². The van der Waals surface area contributed by atoms with Crippen molar-refractivity contribution in [1.29, 1.82) is 0 Å². The van der Waals surface area contributed by atoms with Gasteiger partial charge in [-0.2, -0.15) is 0 Å². The van der Waals surface area contributed by atoms with E-state index in [-0.39, 0.29) is 0 Å². The molecule has 0 aliphatic carbocycles. The molecule has 0 amide bonds. The van der Waals surface area contributed by atoms with Gasteiger partial charge in [-0.1, -0.05) is 32.0 Å². The largest absolute Gasteiger partial charge is 0.314 e. The van der Waals surface area contributed by atoms with E-state index in [9.17, 15) is 0 Å². The van der Waals surface area contributed by atoms with Crippen molar-refractivity contribution in [3.05, 3.63) is 29.8 Å². The predicted molar refractivity (Wildman–Crippen MR) is 81.4 cm³/mol. The maximum Gasteiger partial charge on any atom is 0.0107 e. The molecule has 100 valence electrons. The Balaban J connectivity index is 1.91. The van der Waals surface area contributed by atoms with Gasteiger partial charge in [0.15, 0.2) is 0 Å². The van der Waals surface area contributed by atoms with E-state index in [1.54, 1.807) is 5.56 Å². The summed E-state index contributed by atoms with van der Waals surface area (Å²) in [6.45, 7) is 8.09. The van der Waals surface area contributed by atoms with Gasteiger partial charge >= 0.3 is 0 Å². The topological polar surface area (TPSA) is 12.0 Å². The molecule has 1 aliphatic rings. The van der Waals surface area contributed by atoms with E-state index in [1.807, 2.05) is 11.8 Å². The highest BCUT2D eigenvalue weighted by Crippen LogP contribution is 2.42. The Labute approximate surface area is 116 Å². The summed E-state index contributed by atoms with van der Waals surface area (Å²) in [4.78, 5) is 1.50. The molecule has 0 spiro atoms. The third-order valence-electron chi connectivity index (χ3n) is 4.03. The van der Waals surface area contributed by atoms with Crippen molar-refractivity contribution >= 4 is 11.8 Å². The van der Waals surface area contributed by atoms with Crippen LogP contribution in [-0.4, -0.2) is 18.3 Å². The minimum atomic E-state index is 0.628. The number of hydrogen-bond acceptors (Lipinski definition) is 2. The maximum atomic E-state index is 3.62. The number of fused-ring (bicyclic) bond motifs is 1. The molecular formula is C16H25NS. The number of benzene rings is 1. The summed E-state index contributed by atoms with van der Waals surface area (Å²) in [5.41, 5.74) is 1.58. The zero-order chi connectivity index (χ0) is 13.0. The van der Waals surface area contributed by atoms with E-state index in [1.165, 1.54) is 23.5 Å². The summed E-state index contributed by atoms with van der Waals surface area (Å²) in [5, 5.41) is 3.62. The van der Waals surface area contributed by atoms with Gasteiger partial charge in [-0.05, 0) is 49.8 Å². The minimum Gasteiger partial charge on any atom is -0.314 e. The second-order valence-electron chi connectivity index (χ2n) is 5.50. The van der Waals surface area contributed by atoms with Crippen LogP contribution in [0, 0.1) is 5.92 Å². The van der Waals surface area contributed by atoms with Gasteiger partial charge in [0.2, 0.25) is 0 Å². The summed E-state index contributed by atoms with van der Waals surface area (Å²) in [6, 6.07) is 9.55. The number of nitrogens with one attached hydrogen (secondary N) is 1. The second kappa shape index (κ2) is 6.63. The molecule has 3 atom stereocenters. The zero-order valence-electron chi connectivity index (χ0n) is 11.8. The van der Waals surface area contributed by atoms with Crippen LogP contribution in [0.2, 0.25) is 0 Å². The highest BCUT2D eigenvalue weighted by molar-refractivity contribution is 7.99. The average molecular weight is 263 g/mol. The molecule has 0 saturated heterocycles. The normalized spacial score (nSPS) is 21.6. The lowest BCUT2D eigenvalue weighted by atomic mass is 9.88. The molecule has 0 saturated carbocycles. The molecular weight excluding hydrogens is 238 g/mol. The quantitative estimate of drug-likeness (QED) is 0.821. The van der Waals surface area contributed by atoms with Crippen LogP contribution in [0.25, 0.3) is 0 Å². The Bertz CT molecular complexity index is 377. The first kappa shape index (κ1) is 14.0. The third-order valence-corrected chi connectivity index (χ3v) is 5.28. The van der Waals surface area contributed by atoms with Gasteiger partial charge in [0.25, 0.3) is 0 Å². The Morgan fingerprint density at radius 1 is 1.33 bits per heavy atom. The Kier molecular flexibility index (Phi) is 5.13. The number of rotatable bonds is 6. The van der Waals surface area contributed by atoms with Crippen LogP contribution in [0.5, 0.6) is 0 Å². The van der Waals surface area contributed by atoms with Crippen LogP contribution in [0.3, 0.4) is 0 Å². The fraction of sp³-hybridized carbons (Fsp3) is 0.625. The third kappa shape index (κ3) is 3.30. The van der Waals surface area contributed by atoms with Crippen LogP contribution in [0.4, 0.5) is 0 Å². The van der Waals surface area contributed by atoms with E-state index < -0.39 is 0 Å². The van der Waals surface area contributed by atoms with Crippen molar-refractivity contribution in [2.24, 2.45) is 5.92 Å². The Hall–Kier alpha value is -0.470. The minimum absolute atomic E-state index is 0.628. The molecule has 0 bridgehead atoms. The second-order valence-corrected chi connectivity index (χ2v) is 6.56. The molecule has 0 aromatic heterocycles. The summed E-state index contributed by atoms with van der Waals surface area (Å²) >= 11 is 2.03. The fourth-order valence-corrected chi connectivity index (χ4v) is 3.92. The zero-order valence-corrected chi connectivity index (χ0v) is 12.6. The van der Waals surface area contributed by atoms with Crippen LogP contribution < -0.4 is 5.32 Å². The molecule has 1 aromatic rings.